The lowest BCUT2D eigenvalue weighted by Gasteiger charge is -2.47. The van der Waals surface area contributed by atoms with Gasteiger partial charge in [-0.05, 0) is 75.4 Å². The maximum atomic E-state index is 11.8. The number of methoxy groups -OCH3 is 1. The smallest absolute Gasteiger partial charge is 0.338 e. The summed E-state index contributed by atoms with van der Waals surface area (Å²) in [7, 11) is 1.70. The molecular formula is C26H34N2O3. The Morgan fingerprint density at radius 3 is 2.55 bits per heavy atom. The van der Waals surface area contributed by atoms with Crippen molar-refractivity contribution in [3.05, 3.63) is 53.1 Å². The van der Waals surface area contributed by atoms with Crippen LogP contribution in [0.5, 0.6) is 5.75 Å². The first-order chi connectivity index (χ1) is 14.8. The van der Waals surface area contributed by atoms with Crippen LogP contribution in [0.15, 0.2) is 41.4 Å². The van der Waals surface area contributed by atoms with E-state index in [1.54, 1.807) is 26.2 Å². The average Bonchev–Trinajstić information content (AvgIpc) is 2.75. The molecule has 0 spiro atoms. The minimum absolute atomic E-state index is 0.115. The summed E-state index contributed by atoms with van der Waals surface area (Å²) in [6.45, 7) is 12.3. The first-order valence-corrected chi connectivity index (χ1v) is 11.1. The molecule has 3 rings (SSSR count). The molecule has 2 aromatic rings. The number of nitrogens with zero attached hydrogens (tertiary/aromatic N) is 2. The number of benzene rings is 2. The highest BCUT2D eigenvalue weighted by Crippen LogP contribution is 2.45. The molecule has 1 aliphatic heterocycles. The number of fused-ring (bicyclic) bond motifs is 1. The molecule has 166 valence electrons. The van der Waals surface area contributed by atoms with Gasteiger partial charge in [-0.1, -0.05) is 13.8 Å². The van der Waals surface area contributed by atoms with E-state index in [2.05, 4.69) is 49.7 Å². The van der Waals surface area contributed by atoms with E-state index in [1.807, 2.05) is 18.3 Å². The predicted octanol–water partition coefficient (Wildman–Crippen LogP) is 6.12. The molecule has 2 aromatic carbocycles. The minimum Gasteiger partial charge on any atom is -0.496 e. The highest BCUT2D eigenvalue weighted by molar-refractivity contribution is 5.90. The summed E-state index contributed by atoms with van der Waals surface area (Å²) < 4.78 is 10.8. The van der Waals surface area contributed by atoms with Crippen molar-refractivity contribution < 1.29 is 14.3 Å². The van der Waals surface area contributed by atoms with Crippen molar-refractivity contribution in [1.82, 2.24) is 0 Å². The predicted molar refractivity (Wildman–Crippen MR) is 127 cm³/mol. The fourth-order valence-electron chi connectivity index (χ4n) is 4.49. The number of ether oxygens (including phenoxy) is 2. The zero-order chi connectivity index (χ0) is 22.6. The van der Waals surface area contributed by atoms with Crippen LogP contribution in [0.25, 0.3) is 0 Å². The standard InChI is InChI=1S/C26H34N2O3/c1-7-13-28-23-15-24(30-6)20(14-22(23)18(3)16-26(28,4)5)17-27-21-11-9-19(10-12-21)25(29)31-8-2/h9-12,14-15,17-18H,7-8,13,16H2,1-6H3. The summed E-state index contributed by atoms with van der Waals surface area (Å²) in [5.74, 6) is 0.958. The third-order valence-electron chi connectivity index (χ3n) is 5.92. The van der Waals surface area contributed by atoms with Gasteiger partial charge in [0.1, 0.15) is 5.75 Å². The number of carbonyl (C=O) groups is 1. The van der Waals surface area contributed by atoms with Crippen molar-refractivity contribution in [2.24, 2.45) is 4.99 Å². The number of aliphatic imine (C=N–C) groups is 1. The van der Waals surface area contributed by atoms with Gasteiger partial charge in [-0.3, -0.25) is 4.99 Å². The van der Waals surface area contributed by atoms with Crippen LogP contribution in [0.2, 0.25) is 0 Å². The molecule has 1 aliphatic rings. The number of carbonyl (C=O) groups excluding carboxylic acids is 1. The van der Waals surface area contributed by atoms with Crippen molar-refractivity contribution >= 4 is 23.6 Å². The lowest BCUT2D eigenvalue weighted by Crippen LogP contribution is -2.48. The third-order valence-corrected chi connectivity index (χ3v) is 5.92. The number of esters is 1. The molecule has 0 aromatic heterocycles. The first kappa shape index (κ1) is 22.9. The van der Waals surface area contributed by atoms with E-state index >= 15 is 0 Å². The monoisotopic (exact) mass is 422 g/mol. The van der Waals surface area contributed by atoms with E-state index < -0.39 is 0 Å². The molecular weight excluding hydrogens is 388 g/mol. The van der Waals surface area contributed by atoms with Crippen LogP contribution in [0.4, 0.5) is 11.4 Å². The quantitative estimate of drug-likeness (QED) is 0.398. The van der Waals surface area contributed by atoms with Gasteiger partial charge in [-0.2, -0.15) is 0 Å². The molecule has 1 heterocycles. The van der Waals surface area contributed by atoms with Gasteiger partial charge in [-0.15, -0.1) is 0 Å². The van der Waals surface area contributed by atoms with Gasteiger partial charge in [0.15, 0.2) is 0 Å². The number of rotatable bonds is 7. The second kappa shape index (κ2) is 9.54. The lowest BCUT2D eigenvalue weighted by atomic mass is 9.79. The zero-order valence-corrected chi connectivity index (χ0v) is 19.6. The number of hydrogen-bond acceptors (Lipinski definition) is 5. The molecule has 31 heavy (non-hydrogen) atoms. The largest absolute Gasteiger partial charge is 0.496 e. The van der Waals surface area contributed by atoms with Crippen LogP contribution in [0, 0.1) is 0 Å². The van der Waals surface area contributed by atoms with Gasteiger partial charge in [0.05, 0.1) is 25.0 Å². The Hall–Kier alpha value is -2.82. The van der Waals surface area contributed by atoms with Gasteiger partial charge in [0.25, 0.3) is 0 Å². The summed E-state index contributed by atoms with van der Waals surface area (Å²) in [6.07, 6.45) is 4.05. The molecule has 0 radical (unpaired) electrons. The maximum absolute atomic E-state index is 11.8. The third kappa shape index (κ3) is 4.92. The average molecular weight is 423 g/mol. The Balaban J connectivity index is 1.92. The SMILES string of the molecule is CCCN1c2cc(OC)c(C=Nc3ccc(C(=O)OCC)cc3)cc2C(C)CC1(C)C. The van der Waals surface area contributed by atoms with Crippen LogP contribution >= 0.6 is 0 Å². The fourth-order valence-corrected chi connectivity index (χ4v) is 4.49. The fraction of sp³-hybridized carbons (Fsp3) is 0.462. The van der Waals surface area contributed by atoms with Crippen molar-refractivity contribution in [2.75, 3.05) is 25.2 Å². The molecule has 1 atom stereocenters. The molecule has 0 aliphatic carbocycles. The second-order valence-electron chi connectivity index (χ2n) is 8.75. The lowest BCUT2D eigenvalue weighted by molar-refractivity contribution is 0.0526. The molecule has 0 saturated heterocycles. The van der Waals surface area contributed by atoms with Gasteiger partial charge in [-0.25, -0.2) is 4.79 Å². The van der Waals surface area contributed by atoms with E-state index in [1.165, 1.54) is 11.3 Å². The maximum Gasteiger partial charge on any atom is 0.338 e. The van der Waals surface area contributed by atoms with E-state index in [4.69, 9.17) is 9.47 Å². The molecule has 0 N–H and O–H groups in total. The van der Waals surface area contributed by atoms with Crippen molar-refractivity contribution in [3.63, 3.8) is 0 Å². The van der Waals surface area contributed by atoms with Gasteiger partial charge in [0.2, 0.25) is 0 Å². The first-order valence-electron chi connectivity index (χ1n) is 11.1. The van der Waals surface area contributed by atoms with Crippen LogP contribution in [0.1, 0.15) is 74.9 Å². The molecule has 0 saturated carbocycles. The van der Waals surface area contributed by atoms with Crippen molar-refractivity contribution in [2.45, 2.75) is 58.9 Å². The number of hydrogen-bond donors (Lipinski definition) is 0. The molecule has 5 nitrogen and oxygen atoms in total. The van der Waals surface area contributed by atoms with E-state index in [9.17, 15) is 4.79 Å². The van der Waals surface area contributed by atoms with Crippen LogP contribution in [-0.2, 0) is 4.74 Å². The Labute approximate surface area is 186 Å². The van der Waals surface area contributed by atoms with Crippen LogP contribution in [0.3, 0.4) is 0 Å². The number of anilines is 1. The zero-order valence-electron chi connectivity index (χ0n) is 19.6. The summed E-state index contributed by atoms with van der Waals surface area (Å²) in [4.78, 5) is 19.0. The Morgan fingerprint density at radius 1 is 1.23 bits per heavy atom. The molecule has 1 unspecified atom stereocenters. The summed E-state index contributed by atoms with van der Waals surface area (Å²) in [5.41, 5.74) is 4.98. The molecule has 5 heteroatoms. The van der Waals surface area contributed by atoms with Crippen LogP contribution in [-0.4, -0.2) is 38.0 Å². The molecule has 0 fully saturated rings. The van der Waals surface area contributed by atoms with Crippen molar-refractivity contribution in [3.8, 4) is 5.75 Å². The molecule has 0 bridgehead atoms. The van der Waals surface area contributed by atoms with Gasteiger partial charge >= 0.3 is 5.97 Å². The topological polar surface area (TPSA) is 51.1 Å². The second-order valence-corrected chi connectivity index (χ2v) is 8.75. The molecule has 0 amide bonds. The van der Waals surface area contributed by atoms with Crippen LogP contribution < -0.4 is 9.64 Å². The Bertz CT molecular complexity index is 948. The van der Waals surface area contributed by atoms with Crippen molar-refractivity contribution in [1.29, 1.82) is 0 Å². The highest BCUT2D eigenvalue weighted by Gasteiger charge is 2.36. The minimum atomic E-state index is -0.317. The summed E-state index contributed by atoms with van der Waals surface area (Å²) in [6, 6.07) is 11.5. The Morgan fingerprint density at radius 2 is 1.94 bits per heavy atom. The van der Waals surface area contributed by atoms with E-state index in [0.29, 0.717) is 18.1 Å². The summed E-state index contributed by atoms with van der Waals surface area (Å²) in [5, 5.41) is 0. The van der Waals surface area contributed by atoms with Gasteiger partial charge < -0.3 is 14.4 Å². The normalized spacial score (nSPS) is 17.5. The highest BCUT2D eigenvalue weighted by atomic mass is 16.5. The summed E-state index contributed by atoms with van der Waals surface area (Å²) >= 11 is 0. The van der Waals surface area contributed by atoms with E-state index in [-0.39, 0.29) is 11.5 Å². The Kier molecular flexibility index (Phi) is 7.04. The van der Waals surface area contributed by atoms with E-state index in [0.717, 1.165) is 36.4 Å². The van der Waals surface area contributed by atoms with Gasteiger partial charge in [0, 0.05) is 35.6 Å².